The highest BCUT2D eigenvalue weighted by Crippen LogP contribution is 2.17. The summed E-state index contributed by atoms with van der Waals surface area (Å²) >= 11 is 5.63. The molecule has 0 fully saturated rings. The van der Waals surface area contributed by atoms with Gasteiger partial charge in [0.15, 0.2) is 22.5 Å². The summed E-state index contributed by atoms with van der Waals surface area (Å²) in [6.07, 6.45) is 0. The Morgan fingerprint density at radius 1 is 1.33 bits per heavy atom. The van der Waals surface area contributed by atoms with Gasteiger partial charge in [-0.15, -0.1) is 0 Å². The molecule has 1 aromatic rings. The van der Waals surface area contributed by atoms with Crippen molar-refractivity contribution in [2.75, 3.05) is 11.5 Å². The van der Waals surface area contributed by atoms with Gasteiger partial charge in [-0.25, -0.2) is 9.97 Å². The molecule has 0 saturated carbocycles. The van der Waals surface area contributed by atoms with Crippen molar-refractivity contribution in [3.63, 3.8) is 0 Å². The lowest BCUT2D eigenvalue weighted by Gasteiger charge is -2.09. The van der Waals surface area contributed by atoms with Crippen molar-refractivity contribution in [3.8, 4) is 0 Å². The summed E-state index contributed by atoms with van der Waals surface area (Å²) in [6, 6.07) is -0.0185. The molecule has 0 aromatic carbocycles. The molecule has 1 rings (SSSR count). The molecule has 0 aliphatic carbocycles. The lowest BCUT2D eigenvalue weighted by Crippen LogP contribution is -2.31. The lowest BCUT2D eigenvalue weighted by molar-refractivity contribution is 0.0939. The maximum absolute atomic E-state index is 11.5. The number of hydrogen-bond donors (Lipinski definition) is 3. The normalized spacial score (nSPS) is 10.4. The van der Waals surface area contributed by atoms with E-state index >= 15 is 0 Å². The van der Waals surface area contributed by atoms with Crippen LogP contribution in [0.1, 0.15) is 24.3 Å². The third-order valence-corrected chi connectivity index (χ3v) is 1.82. The number of nitrogens with zero attached hydrogens (tertiary/aromatic N) is 2. The highest BCUT2D eigenvalue weighted by molar-refractivity contribution is 6.31. The second-order valence-electron chi connectivity index (χ2n) is 3.26. The standard InChI is InChI=1S/C8H12ClN5O/c1-3(2)12-8(15)4-6(10)14-7(11)5(9)13-4/h3H,1-2H3,(H,12,15)(H4,10,11,14). The van der Waals surface area contributed by atoms with E-state index in [2.05, 4.69) is 15.3 Å². The summed E-state index contributed by atoms with van der Waals surface area (Å²) in [5.74, 6) is -0.442. The predicted octanol–water partition coefficient (Wildman–Crippen LogP) is 0.433. The molecule has 1 heterocycles. The Kier molecular flexibility index (Phi) is 3.31. The number of carbonyl (C=O) groups is 1. The molecule has 0 aliphatic heterocycles. The van der Waals surface area contributed by atoms with Crippen molar-refractivity contribution in [1.82, 2.24) is 15.3 Å². The summed E-state index contributed by atoms with van der Waals surface area (Å²) in [6.45, 7) is 3.64. The maximum Gasteiger partial charge on any atom is 0.273 e. The molecule has 0 saturated heterocycles. The van der Waals surface area contributed by atoms with Crippen molar-refractivity contribution in [1.29, 1.82) is 0 Å². The Labute approximate surface area is 92.0 Å². The van der Waals surface area contributed by atoms with Gasteiger partial charge in [-0.1, -0.05) is 11.6 Å². The van der Waals surface area contributed by atoms with Crippen LogP contribution in [0.5, 0.6) is 0 Å². The number of anilines is 2. The zero-order chi connectivity index (χ0) is 11.6. The van der Waals surface area contributed by atoms with Crippen LogP contribution in [0.3, 0.4) is 0 Å². The minimum Gasteiger partial charge on any atom is -0.382 e. The van der Waals surface area contributed by atoms with Crippen LogP contribution in [0.4, 0.5) is 11.6 Å². The molecular weight excluding hydrogens is 218 g/mol. The second-order valence-corrected chi connectivity index (χ2v) is 3.62. The van der Waals surface area contributed by atoms with Gasteiger partial charge in [-0.2, -0.15) is 0 Å². The third-order valence-electron chi connectivity index (χ3n) is 1.54. The van der Waals surface area contributed by atoms with Crippen LogP contribution in [0, 0.1) is 0 Å². The number of nitrogens with two attached hydrogens (primary N) is 2. The van der Waals surface area contributed by atoms with E-state index < -0.39 is 5.91 Å². The van der Waals surface area contributed by atoms with Crippen LogP contribution in [0.25, 0.3) is 0 Å². The molecule has 0 bridgehead atoms. The first-order valence-corrected chi connectivity index (χ1v) is 4.69. The number of nitrogens with one attached hydrogen (secondary N) is 1. The first kappa shape index (κ1) is 11.5. The zero-order valence-corrected chi connectivity index (χ0v) is 9.17. The van der Waals surface area contributed by atoms with E-state index in [1.54, 1.807) is 0 Å². The second kappa shape index (κ2) is 4.31. The largest absolute Gasteiger partial charge is 0.382 e. The highest BCUT2D eigenvalue weighted by Gasteiger charge is 2.16. The van der Waals surface area contributed by atoms with Gasteiger partial charge in [-0.3, -0.25) is 4.79 Å². The maximum atomic E-state index is 11.5. The molecule has 15 heavy (non-hydrogen) atoms. The number of halogens is 1. The fraction of sp³-hybridized carbons (Fsp3) is 0.375. The van der Waals surface area contributed by atoms with Crippen LogP contribution >= 0.6 is 11.6 Å². The highest BCUT2D eigenvalue weighted by atomic mass is 35.5. The van der Waals surface area contributed by atoms with Crippen molar-refractivity contribution in [3.05, 3.63) is 10.8 Å². The zero-order valence-electron chi connectivity index (χ0n) is 8.41. The van der Waals surface area contributed by atoms with E-state index in [1.807, 2.05) is 13.8 Å². The summed E-state index contributed by atoms with van der Waals surface area (Å²) in [5.41, 5.74) is 10.9. The third kappa shape index (κ3) is 2.69. The van der Waals surface area contributed by atoms with Gasteiger partial charge in [0, 0.05) is 6.04 Å². The van der Waals surface area contributed by atoms with Gasteiger partial charge in [0.05, 0.1) is 0 Å². The van der Waals surface area contributed by atoms with Gasteiger partial charge >= 0.3 is 0 Å². The fourth-order valence-electron chi connectivity index (χ4n) is 0.939. The number of aromatic nitrogens is 2. The average Bonchev–Trinajstić information content (AvgIpc) is 2.09. The van der Waals surface area contributed by atoms with E-state index in [0.717, 1.165) is 0 Å². The van der Waals surface area contributed by atoms with Gasteiger partial charge < -0.3 is 16.8 Å². The number of amides is 1. The van der Waals surface area contributed by atoms with E-state index in [0.29, 0.717) is 0 Å². The lowest BCUT2D eigenvalue weighted by atomic mass is 10.3. The number of rotatable bonds is 2. The van der Waals surface area contributed by atoms with Crippen LogP contribution < -0.4 is 16.8 Å². The minimum absolute atomic E-state index is 0.00950. The molecule has 0 atom stereocenters. The Hall–Kier alpha value is -1.56. The monoisotopic (exact) mass is 229 g/mol. The van der Waals surface area contributed by atoms with E-state index in [1.165, 1.54) is 0 Å². The van der Waals surface area contributed by atoms with Gasteiger partial charge in [-0.05, 0) is 13.8 Å². The Bertz CT molecular complexity index is 393. The minimum atomic E-state index is -0.420. The molecule has 82 valence electrons. The Balaban J connectivity index is 3.04. The molecule has 0 aliphatic rings. The Morgan fingerprint density at radius 2 is 1.93 bits per heavy atom. The van der Waals surface area contributed by atoms with Crippen molar-refractivity contribution >= 4 is 29.1 Å². The summed E-state index contributed by atoms with van der Waals surface area (Å²) in [4.78, 5) is 19.0. The molecule has 7 heteroatoms. The summed E-state index contributed by atoms with van der Waals surface area (Å²) < 4.78 is 0. The number of nitrogen functional groups attached to an aromatic ring is 2. The van der Waals surface area contributed by atoms with Crippen molar-refractivity contribution in [2.24, 2.45) is 0 Å². The predicted molar refractivity (Wildman–Crippen MR) is 58.5 cm³/mol. The van der Waals surface area contributed by atoms with Crippen molar-refractivity contribution in [2.45, 2.75) is 19.9 Å². The molecule has 0 unspecified atom stereocenters. The fourth-order valence-corrected chi connectivity index (χ4v) is 1.07. The molecule has 0 radical (unpaired) electrons. The molecule has 0 spiro atoms. The quantitative estimate of drug-likeness (QED) is 0.682. The molecule has 5 N–H and O–H groups in total. The molecule has 1 aromatic heterocycles. The van der Waals surface area contributed by atoms with Crippen LogP contribution in [-0.2, 0) is 0 Å². The van der Waals surface area contributed by atoms with Crippen LogP contribution in [-0.4, -0.2) is 21.9 Å². The smallest absolute Gasteiger partial charge is 0.273 e. The average molecular weight is 230 g/mol. The molecule has 1 amide bonds. The van der Waals surface area contributed by atoms with Crippen LogP contribution in [0.15, 0.2) is 0 Å². The van der Waals surface area contributed by atoms with E-state index in [9.17, 15) is 4.79 Å². The van der Waals surface area contributed by atoms with E-state index in [-0.39, 0.29) is 28.5 Å². The summed E-state index contributed by atoms with van der Waals surface area (Å²) in [7, 11) is 0. The first-order chi connectivity index (χ1) is 6.91. The topological polar surface area (TPSA) is 107 Å². The van der Waals surface area contributed by atoms with E-state index in [4.69, 9.17) is 23.1 Å². The molecular formula is C8H12ClN5O. The van der Waals surface area contributed by atoms with Gasteiger partial charge in [0.2, 0.25) is 0 Å². The summed E-state index contributed by atoms with van der Waals surface area (Å²) in [5, 5.41) is 2.60. The SMILES string of the molecule is CC(C)NC(=O)c1nc(Cl)c(N)nc1N. The molecule has 6 nitrogen and oxygen atoms in total. The van der Waals surface area contributed by atoms with Crippen molar-refractivity contribution < 1.29 is 4.79 Å². The first-order valence-electron chi connectivity index (χ1n) is 4.31. The number of hydrogen-bond acceptors (Lipinski definition) is 5. The number of carbonyl (C=O) groups excluding carboxylic acids is 1. The van der Waals surface area contributed by atoms with Gasteiger partial charge in [0.1, 0.15) is 0 Å². The van der Waals surface area contributed by atoms with Crippen LogP contribution in [0.2, 0.25) is 5.15 Å². The van der Waals surface area contributed by atoms with Gasteiger partial charge in [0.25, 0.3) is 5.91 Å². The Morgan fingerprint density at radius 3 is 2.47 bits per heavy atom.